The standard InChI is InChI=1S/C21H26N2O3.ClH/c1-14-3-7-19(15(2)11-14)25-13-18-6-8-20(26-18)21(24)23-10-9-16-4-5-17(12-23)22-16;/h3,6-8,11,16-17,22H,4-5,9-10,12-13H2,1-2H3;1H. The molecule has 3 heterocycles. The van der Waals surface area contributed by atoms with Gasteiger partial charge in [0, 0.05) is 25.2 Å². The van der Waals surface area contributed by atoms with Gasteiger partial charge in [-0.15, -0.1) is 12.4 Å². The van der Waals surface area contributed by atoms with E-state index >= 15 is 0 Å². The summed E-state index contributed by atoms with van der Waals surface area (Å²) < 4.78 is 11.6. The zero-order valence-corrected chi connectivity index (χ0v) is 16.7. The van der Waals surface area contributed by atoms with Crippen molar-refractivity contribution < 1.29 is 13.9 Å². The minimum atomic E-state index is -0.0166. The number of rotatable bonds is 4. The highest BCUT2D eigenvalue weighted by atomic mass is 35.5. The van der Waals surface area contributed by atoms with E-state index < -0.39 is 0 Å². The van der Waals surface area contributed by atoms with Gasteiger partial charge in [0.05, 0.1) is 0 Å². The van der Waals surface area contributed by atoms with E-state index in [1.165, 1.54) is 12.0 Å². The van der Waals surface area contributed by atoms with Crippen LogP contribution in [0.2, 0.25) is 0 Å². The number of likely N-dealkylation sites (tertiary alicyclic amines) is 1. The van der Waals surface area contributed by atoms with E-state index in [2.05, 4.69) is 18.3 Å². The first-order valence-corrected chi connectivity index (χ1v) is 9.42. The SMILES string of the molecule is Cc1ccc(OCc2ccc(C(=O)N3CCC4CCC(C3)N4)o2)c(C)c1.Cl. The Bertz CT molecular complexity index is 804. The quantitative estimate of drug-likeness (QED) is 0.861. The molecule has 0 aliphatic carbocycles. The van der Waals surface area contributed by atoms with Gasteiger partial charge in [0.15, 0.2) is 5.76 Å². The summed E-state index contributed by atoms with van der Waals surface area (Å²) in [5.41, 5.74) is 2.31. The Kier molecular flexibility index (Phi) is 6.12. The summed E-state index contributed by atoms with van der Waals surface area (Å²) in [5, 5.41) is 3.60. The molecule has 2 saturated heterocycles. The van der Waals surface area contributed by atoms with Crippen LogP contribution in [0.3, 0.4) is 0 Å². The lowest BCUT2D eigenvalue weighted by Gasteiger charge is -2.23. The van der Waals surface area contributed by atoms with Crippen LogP contribution in [0.5, 0.6) is 5.75 Å². The summed E-state index contributed by atoms with van der Waals surface area (Å²) in [7, 11) is 0. The Labute approximate surface area is 166 Å². The molecule has 2 aliphatic heterocycles. The molecule has 2 unspecified atom stereocenters. The molecule has 4 rings (SSSR count). The summed E-state index contributed by atoms with van der Waals surface area (Å²) in [4.78, 5) is 14.7. The monoisotopic (exact) mass is 390 g/mol. The minimum Gasteiger partial charge on any atom is -0.485 e. The Morgan fingerprint density at radius 3 is 2.81 bits per heavy atom. The molecule has 0 radical (unpaired) electrons. The molecular weight excluding hydrogens is 364 g/mol. The van der Waals surface area contributed by atoms with Gasteiger partial charge in [-0.2, -0.15) is 0 Å². The number of nitrogens with zero attached hydrogens (tertiary/aromatic N) is 1. The summed E-state index contributed by atoms with van der Waals surface area (Å²) in [5.74, 6) is 1.90. The molecule has 1 amide bonds. The molecular formula is C21H27ClN2O3. The highest BCUT2D eigenvalue weighted by Crippen LogP contribution is 2.23. The van der Waals surface area contributed by atoms with Crippen molar-refractivity contribution in [2.24, 2.45) is 0 Å². The predicted octanol–water partition coefficient (Wildman–Crippen LogP) is 3.86. The maximum absolute atomic E-state index is 12.8. The van der Waals surface area contributed by atoms with Crippen LogP contribution in [0.1, 0.15) is 46.7 Å². The average Bonchev–Trinajstić information content (AvgIpc) is 3.20. The molecule has 1 N–H and O–H groups in total. The Morgan fingerprint density at radius 2 is 2.00 bits per heavy atom. The first-order chi connectivity index (χ1) is 12.6. The maximum Gasteiger partial charge on any atom is 0.289 e. The van der Waals surface area contributed by atoms with Crippen molar-refractivity contribution in [2.75, 3.05) is 13.1 Å². The van der Waals surface area contributed by atoms with Crippen LogP contribution < -0.4 is 10.1 Å². The fourth-order valence-electron chi connectivity index (χ4n) is 3.96. The normalized spacial score (nSPS) is 21.5. The number of amides is 1. The van der Waals surface area contributed by atoms with Crippen LogP contribution in [0, 0.1) is 13.8 Å². The van der Waals surface area contributed by atoms with Crippen molar-refractivity contribution in [3.63, 3.8) is 0 Å². The van der Waals surface area contributed by atoms with E-state index in [-0.39, 0.29) is 18.3 Å². The number of benzene rings is 1. The van der Waals surface area contributed by atoms with Gasteiger partial charge in [-0.3, -0.25) is 4.79 Å². The number of hydrogen-bond acceptors (Lipinski definition) is 4. The van der Waals surface area contributed by atoms with E-state index in [9.17, 15) is 4.79 Å². The topological polar surface area (TPSA) is 54.7 Å². The zero-order valence-electron chi connectivity index (χ0n) is 15.9. The number of furan rings is 1. The number of aryl methyl sites for hydroxylation is 2. The molecule has 0 saturated carbocycles. The summed E-state index contributed by atoms with van der Waals surface area (Å²) in [6, 6.07) is 10.7. The molecule has 2 aliphatic rings. The van der Waals surface area contributed by atoms with Gasteiger partial charge in [-0.25, -0.2) is 0 Å². The molecule has 2 bridgehead atoms. The number of fused-ring (bicyclic) bond motifs is 2. The fourth-order valence-corrected chi connectivity index (χ4v) is 3.96. The lowest BCUT2D eigenvalue weighted by atomic mass is 10.1. The highest BCUT2D eigenvalue weighted by Gasteiger charge is 2.32. The average molecular weight is 391 g/mol. The van der Waals surface area contributed by atoms with E-state index in [1.54, 1.807) is 6.07 Å². The van der Waals surface area contributed by atoms with E-state index in [0.29, 0.717) is 30.2 Å². The van der Waals surface area contributed by atoms with Gasteiger partial charge in [-0.1, -0.05) is 17.7 Å². The third kappa shape index (κ3) is 4.47. The van der Waals surface area contributed by atoms with Gasteiger partial charge in [0.1, 0.15) is 18.1 Å². The van der Waals surface area contributed by atoms with Crippen molar-refractivity contribution in [1.82, 2.24) is 10.2 Å². The van der Waals surface area contributed by atoms with Gasteiger partial charge < -0.3 is 19.4 Å². The number of carbonyl (C=O) groups is 1. The van der Waals surface area contributed by atoms with Crippen molar-refractivity contribution >= 4 is 18.3 Å². The van der Waals surface area contributed by atoms with Crippen LogP contribution in [0.4, 0.5) is 0 Å². The highest BCUT2D eigenvalue weighted by molar-refractivity contribution is 5.91. The molecule has 27 heavy (non-hydrogen) atoms. The van der Waals surface area contributed by atoms with E-state index in [4.69, 9.17) is 9.15 Å². The zero-order chi connectivity index (χ0) is 18.1. The van der Waals surface area contributed by atoms with Gasteiger partial charge in [0.25, 0.3) is 5.91 Å². The van der Waals surface area contributed by atoms with E-state index in [0.717, 1.165) is 37.2 Å². The van der Waals surface area contributed by atoms with Crippen molar-refractivity contribution in [1.29, 1.82) is 0 Å². The van der Waals surface area contributed by atoms with Crippen LogP contribution in [-0.4, -0.2) is 36.0 Å². The Morgan fingerprint density at radius 1 is 1.19 bits per heavy atom. The molecule has 2 aromatic rings. The molecule has 146 valence electrons. The molecule has 1 aromatic heterocycles. The Balaban J connectivity index is 0.00000210. The first-order valence-electron chi connectivity index (χ1n) is 9.42. The van der Waals surface area contributed by atoms with Crippen LogP contribution in [0.15, 0.2) is 34.7 Å². The van der Waals surface area contributed by atoms with Crippen molar-refractivity contribution in [3.8, 4) is 5.75 Å². The van der Waals surface area contributed by atoms with Gasteiger partial charge in [0.2, 0.25) is 0 Å². The lowest BCUT2D eigenvalue weighted by Crippen LogP contribution is -2.38. The molecule has 2 atom stereocenters. The lowest BCUT2D eigenvalue weighted by molar-refractivity contribution is 0.0712. The minimum absolute atomic E-state index is 0. The van der Waals surface area contributed by atoms with Crippen LogP contribution in [0.25, 0.3) is 0 Å². The third-order valence-electron chi connectivity index (χ3n) is 5.38. The fraction of sp³-hybridized carbons (Fsp3) is 0.476. The molecule has 0 spiro atoms. The summed E-state index contributed by atoms with van der Waals surface area (Å²) >= 11 is 0. The number of carbonyl (C=O) groups excluding carboxylic acids is 1. The van der Waals surface area contributed by atoms with E-state index in [1.807, 2.05) is 30.0 Å². The van der Waals surface area contributed by atoms with Crippen LogP contribution in [-0.2, 0) is 6.61 Å². The Hall–Kier alpha value is -1.98. The summed E-state index contributed by atoms with van der Waals surface area (Å²) in [6.07, 6.45) is 3.40. The smallest absolute Gasteiger partial charge is 0.289 e. The number of nitrogens with one attached hydrogen (secondary N) is 1. The second-order valence-corrected chi connectivity index (χ2v) is 7.50. The molecule has 6 heteroatoms. The first kappa shape index (κ1) is 19.8. The number of halogens is 1. The van der Waals surface area contributed by atoms with Gasteiger partial charge in [-0.05, 0) is 56.9 Å². The number of ether oxygens (including phenoxy) is 1. The predicted molar refractivity (Wildman–Crippen MR) is 107 cm³/mol. The molecule has 1 aromatic carbocycles. The van der Waals surface area contributed by atoms with Crippen LogP contribution >= 0.6 is 12.4 Å². The molecule has 2 fully saturated rings. The molecule has 5 nitrogen and oxygen atoms in total. The maximum atomic E-state index is 12.8. The van der Waals surface area contributed by atoms with Crippen molar-refractivity contribution in [2.45, 2.75) is 51.8 Å². The third-order valence-corrected chi connectivity index (χ3v) is 5.38. The second kappa shape index (κ2) is 8.36. The largest absolute Gasteiger partial charge is 0.485 e. The second-order valence-electron chi connectivity index (χ2n) is 7.50. The van der Waals surface area contributed by atoms with Gasteiger partial charge >= 0.3 is 0 Å². The summed E-state index contributed by atoms with van der Waals surface area (Å²) in [6.45, 7) is 5.97. The van der Waals surface area contributed by atoms with Crippen molar-refractivity contribution in [3.05, 3.63) is 53.0 Å². The number of hydrogen-bond donors (Lipinski definition) is 1.